The summed E-state index contributed by atoms with van der Waals surface area (Å²) in [5, 5.41) is 17.3. The van der Waals surface area contributed by atoms with Gasteiger partial charge in [-0.05, 0) is 49.2 Å². The first-order chi connectivity index (χ1) is 11.1. The van der Waals surface area contributed by atoms with E-state index >= 15 is 0 Å². The summed E-state index contributed by atoms with van der Waals surface area (Å²) in [6, 6.07) is 16.6. The molecule has 0 radical (unpaired) electrons. The second-order valence-corrected chi connectivity index (χ2v) is 5.54. The molecule has 2 aromatic carbocycles. The molecule has 0 aliphatic rings. The molecule has 2 aromatic rings. The van der Waals surface area contributed by atoms with E-state index in [-0.39, 0.29) is 5.69 Å². The fourth-order valence-electron chi connectivity index (χ4n) is 2.14. The lowest BCUT2D eigenvalue weighted by Crippen LogP contribution is -2.29. The van der Waals surface area contributed by atoms with Crippen LogP contribution < -0.4 is 10.6 Å². The number of anilines is 1. The lowest BCUT2D eigenvalue weighted by Gasteiger charge is -2.10. The molecule has 5 nitrogen and oxygen atoms in total. The van der Waals surface area contributed by atoms with Crippen molar-refractivity contribution in [3.05, 3.63) is 70.3 Å². The van der Waals surface area contributed by atoms with Crippen molar-refractivity contribution in [2.24, 2.45) is 0 Å². The quantitative estimate of drug-likeness (QED) is 0.349. The maximum Gasteiger partial charge on any atom is 0.269 e. The second kappa shape index (κ2) is 8.85. The highest BCUT2D eigenvalue weighted by Crippen LogP contribution is 2.15. The standard InChI is InChI=1S/C17H19N3O2S/c21-20(22)16-11-9-15(10-12-16)19-17(23)18-13-5-4-8-14-6-2-1-3-7-14/h1-3,6-7,9-12H,4-5,8,13H2,(H2,18,19,23). The summed E-state index contributed by atoms with van der Waals surface area (Å²) < 4.78 is 0. The molecule has 0 heterocycles. The maximum atomic E-state index is 10.6. The number of nitrogens with zero attached hydrogens (tertiary/aromatic N) is 1. The Balaban J connectivity index is 1.64. The molecule has 23 heavy (non-hydrogen) atoms. The summed E-state index contributed by atoms with van der Waals surface area (Å²) in [6.07, 6.45) is 3.18. The fraction of sp³-hybridized carbons (Fsp3) is 0.235. The fourth-order valence-corrected chi connectivity index (χ4v) is 2.36. The molecule has 0 saturated carbocycles. The molecule has 0 aromatic heterocycles. The van der Waals surface area contributed by atoms with Crippen molar-refractivity contribution < 1.29 is 4.92 Å². The Morgan fingerprint density at radius 1 is 1.04 bits per heavy atom. The van der Waals surface area contributed by atoms with E-state index in [9.17, 15) is 10.1 Å². The van der Waals surface area contributed by atoms with Crippen molar-refractivity contribution in [1.29, 1.82) is 0 Å². The van der Waals surface area contributed by atoms with E-state index in [0.29, 0.717) is 5.11 Å². The molecule has 2 rings (SSSR count). The first-order valence-corrected chi connectivity index (χ1v) is 7.89. The van der Waals surface area contributed by atoms with Crippen molar-refractivity contribution >= 4 is 28.7 Å². The van der Waals surface area contributed by atoms with Gasteiger partial charge >= 0.3 is 0 Å². The maximum absolute atomic E-state index is 10.6. The Kier molecular flexibility index (Phi) is 6.50. The number of rotatable bonds is 7. The van der Waals surface area contributed by atoms with Crippen molar-refractivity contribution in [1.82, 2.24) is 5.32 Å². The topological polar surface area (TPSA) is 67.2 Å². The van der Waals surface area contributed by atoms with E-state index in [0.717, 1.165) is 31.5 Å². The number of nitrogens with one attached hydrogen (secondary N) is 2. The van der Waals surface area contributed by atoms with Crippen LogP contribution in [0.2, 0.25) is 0 Å². The molecule has 0 atom stereocenters. The predicted molar refractivity (Wildman–Crippen MR) is 96.7 cm³/mol. The van der Waals surface area contributed by atoms with Gasteiger partial charge in [-0.2, -0.15) is 0 Å². The summed E-state index contributed by atoms with van der Waals surface area (Å²) in [5.41, 5.74) is 2.15. The van der Waals surface area contributed by atoms with Gasteiger partial charge in [-0.15, -0.1) is 0 Å². The molecular formula is C17H19N3O2S. The zero-order valence-electron chi connectivity index (χ0n) is 12.7. The van der Waals surface area contributed by atoms with Crippen LogP contribution in [0.5, 0.6) is 0 Å². The van der Waals surface area contributed by atoms with E-state index < -0.39 is 4.92 Å². The van der Waals surface area contributed by atoms with Gasteiger partial charge < -0.3 is 10.6 Å². The number of nitro groups is 1. The number of benzene rings is 2. The first-order valence-electron chi connectivity index (χ1n) is 7.48. The van der Waals surface area contributed by atoms with Crippen LogP contribution in [0.25, 0.3) is 0 Å². The van der Waals surface area contributed by atoms with Gasteiger partial charge in [0.15, 0.2) is 5.11 Å². The highest BCUT2D eigenvalue weighted by Gasteiger charge is 2.04. The summed E-state index contributed by atoms with van der Waals surface area (Å²) in [7, 11) is 0. The van der Waals surface area contributed by atoms with E-state index in [2.05, 4.69) is 34.9 Å². The Bertz CT molecular complexity index is 645. The number of hydrogen-bond acceptors (Lipinski definition) is 3. The van der Waals surface area contributed by atoms with Gasteiger partial charge in [0.2, 0.25) is 0 Å². The zero-order chi connectivity index (χ0) is 16.5. The molecule has 0 unspecified atom stereocenters. The molecular weight excluding hydrogens is 310 g/mol. The van der Waals surface area contributed by atoms with Gasteiger partial charge in [0.05, 0.1) is 4.92 Å². The molecule has 6 heteroatoms. The number of unbranched alkanes of at least 4 members (excludes halogenated alkanes) is 1. The van der Waals surface area contributed by atoms with Crippen LogP contribution in [0.4, 0.5) is 11.4 Å². The van der Waals surface area contributed by atoms with E-state index in [1.54, 1.807) is 12.1 Å². The lowest BCUT2D eigenvalue weighted by molar-refractivity contribution is -0.384. The Morgan fingerprint density at radius 3 is 2.39 bits per heavy atom. The molecule has 120 valence electrons. The number of hydrogen-bond donors (Lipinski definition) is 2. The average molecular weight is 329 g/mol. The van der Waals surface area contributed by atoms with Crippen LogP contribution >= 0.6 is 12.2 Å². The smallest absolute Gasteiger partial charge is 0.269 e. The highest BCUT2D eigenvalue weighted by atomic mass is 32.1. The average Bonchev–Trinajstić information content (AvgIpc) is 2.56. The first kappa shape index (κ1) is 16.9. The Labute approximate surface area is 140 Å². The molecule has 0 aliphatic heterocycles. The third-order valence-corrected chi connectivity index (χ3v) is 3.60. The van der Waals surface area contributed by atoms with Gasteiger partial charge in [-0.1, -0.05) is 30.3 Å². The molecule has 0 amide bonds. The third-order valence-electron chi connectivity index (χ3n) is 3.36. The van der Waals surface area contributed by atoms with Crippen molar-refractivity contribution in [3.8, 4) is 0 Å². The van der Waals surface area contributed by atoms with Crippen LogP contribution in [0.15, 0.2) is 54.6 Å². The number of nitro benzene ring substituents is 1. The molecule has 0 saturated heterocycles. The monoisotopic (exact) mass is 329 g/mol. The van der Waals surface area contributed by atoms with E-state index in [1.807, 2.05) is 6.07 Å². The molecule has 0 spiro atoms. The molecule has 0 aliphatic carbocycles. The summed E-state index contributed by atoms with van der Waals surface area (Å²) in [4.78, 5) is 10.2. The van der Waals surface area contributed by atoms with Crippen LogP contribution in [0.1, 0.15) is 18.4 Å². The Hall–Kier alpha value is -2.47. The summed E-state index contributed by atoms with van der Waals surface area (Å²) in [6.45, 7) is 0.797. The van der Waals surface area contributed by atoms with Gasteiger partial charge in [-0.3, -0.25) is 10.1 Å². The van der Waals surface area contributed by atoms with Crippen LogP contribution in [0.3, 0.4) is 0 Å². The molecule has 0 fully saturated rings. The minimum Gasteiger partial charge on any atom is -0.362 e. The normalized spacial score (nSPS) is 10.1. The third kappa shape index (κ3) is 6.04. The number of non-ortho nitro benzene ring substituents is 1. The van der Waals surface area contributed by atoms with Crippen LogP contribution in [-0.4, -0.2) is 16.6 Å². The summed E-state index contributed by atoms with van der Waals surface area (Å²) >= 11 is 5.21. The van der Waals surface area contributed by atoms with Crippen molar-refractivity contribution in [2.45, 2.75) is 19.3 Å². The van der Waals surface area contributed by atoms with E-state index in [1.165, 1.54) is 17.7 Å². The van der Waals surface area contributed by atoms with Gasteiger partial charge in [0, 0.05) is 24.4 Å². The minimum absolute atomic E-state index is 0.0651. The highest BCUT2D eigenvalue weighted by molar-refractivity contribution is 7.80. The van der Waals surface area contributed by atoms with Crippen LogP contribution in [0, 0.1) is 10.1 Å². The Morgan fingerprint density at radius 2 is 1.74 bits per heavy atom. The van der Waals surface area contributed by atoms with Crippen molar-refractivity contribution in [2.75, 3.05) is 11.9 Å². The number of thiocarbonyl (C=S) groups is 1. The van der Waals surface area contributed by atoms with Gasteiger partial charge in [0.1, 0.15) is 0 Å². The SMILES string of the molecule is O=[N+]([O-])c1ccc(NC(=S)NCCCCc2ccccc2)cc1. The van der Waals surface area contributed by atoms with E-state index in [4.69, 9.17) is 12.2 Å². The predicted octanol–water partition coefficient (Wildman–Crippen LogP) is 3.90. The number of aryl methyl sites for hydroxylation is 1. The van der Waals surface area contributed by atoms with Gasteiger partial charge in [-0.25, -0.2) is 0 Å². The molecule has 2 N–H and O–H groups in total. The lowest BCUT2D eigenvalue weighted by atomic mass is 10.1. The zero-order valence-corrected chi connectivity index (χ0v) is 13.5. The van der Waals surface area contributed by atoms with Crippen LogP contribution in [-0.2, 0) is 6.42 Å². The van der Waals surface area contributed by atoms with Crippen molar-refractivity contribution in [3.63, 3.8) is 0 Å². The largest absolute Gasteiger partial charge is 0.362 e. The minimum atomic E-state index is -0.424. The van der Waals surface area contributed by atoms with Gasteiger partial charge in [0.25, 0.3) is 5.69 Å². The summed E-state index contributed by atoms with van der Waals surface area (Å²) in [5.74, 6) is 0. The second-order valence-electron chi connectivity index (χ2n) is 5.13. The molecule has 0 bridgehead atoms.